The van der Waals surface area contributed by atoms with E-state index in [2.05, 4.69) is 49.4 Å². The van der Waals surface area contributed by atoms with Gasteiger partial charge in [0, 0.05) is 19.3 Å². The third-order valence-corrected chi connectivity index (χ3v) is 3.88. The lowest BCUT2D eigenvalue weighted by Crippen LogP contribution is -2.18. The molecule has 4 aromatic rings. The molecule has 0 saturated carbocycles. The molecule has 6 heteroatoms. The maximum absolute atomic E-state index is 4.49. The Morgan fingerprint density at radius 2 is 1.62 bits per heavy atom. The number of benzene rings is 2. The molecule has 2 aromatic carbocycles. The van der Waals surface area contributed by atoms with Crippen LogP contribution in [-0.4, -0.2) is 25.0 Å². The molecule has 24 heavy (non-hydrogen) atoms. The zero-order chi connectivity index (χ0) is 16.4. The lowest BCUT2D eigenvalue weighted by molar-refractivity contribution is 0.729. The molecule has 0 amide bonds. The van der Waals surface area contributed by atoms with Crippen LogP contribution in [0.5, 0.6) is 0 Å². The van der Waals surface area contributed by atoms with Crippen LogP contribution in [0.15, 0.2) is 67.0 Å². The van der Waals surface area contributed by atoms with Crippen molar-refractivity contribution in [2.75, 3.05) is 4.90 Å². The lowest BCUT2D eigenvalue weighted by atomic mass is 10.2. The van der Waals surface area contributed by atoms with Crippen molar-refractivity contribution in [3.8, 4) is 0 Å². The van der Waals surface area contributed by atoms with Crippen molar-refractivity contribution in [2.24, 2.45) is 7.05 Å². The number of hydrogen-bond acceptors (Lipinski definition) is 5. The molecule has 2 heterocycles. The highest BCUT2D eigenvalue weighted by Crippen LogP contribution is 2.29. The summed E-state index contributed by atoms with van der Waals surface area (Å²) in [6.07, 6.45) is 1.56. The molecule has 4 rings (SSSR count). The van der Waals surface area contributed by atoms with E-state index in [0.29, 0.717) is 17.7 Å². The lowest BCUT2D eigenvalue weighted by Gasteiger charge is -2.24. The minimum Gasteiger partial charge on any atom is -0.320 e. The van der Waals surface area contributed by atoms with Gasteiger partial charge in [0.15, 0.2) is 17.0 Å². The van der Waals surface area contributed by atoms with E-state index in [0.717, 1.165) is 11.5 Å². The van der Waals surface area contributed by atoms with Gasteiger partial charge in [-0.15, -0.1) is 5.10 Å². The van der Waals surface area contributed by atoms with E-state index in [9.17, 15) is 0 Å². The van der Waals surface area contributed by atoms with Crippen molar-refractivity contribution >= 4 is 22.7 Å². The Morgan fingerprint density at radius 1 is 0.917 bits per heavy atom. The number of hydrogen-bond donors (Lipinski definition) is 0. The molecular formula is C18H16N6. The van der Waals surface area contributed by atoms with E-state index < -0.39 is 0 Å². The largest absolute Gasteiger partial charge is 0.320 e. The Bertz CT molecular complexity index is 949. The second-order valence-corrected chi connectivity index (χ2v) is 5.49. The topological polar surface area (TPSA) is 59.7 Å². The molecule has 0 N–H and O–H groups in total. The predicted octanol–water partition coefficient (Wildman–Crippen LogP) is 3.10. The minimum absolute atomic E-state index is 0.688. The summed E-state index contributed by atoms with van der Waals surface area (Å²) in [7, 11) is 1.83. The van der Waals surface area contributed by atoms with Crippen molar-refractivity contribution in [1.29, 1.82) is 0 Å². The second kappa shape index (κ2) is 6.08. The Hall–Kier alpha value is -3.28. The maximum Gasteiger partial charge on any atom is 0.183 e. The molecule has 0 atom stereocenters. The molecule has 2 aromatic heterocycles. The first-order valence-electron chi connectivity index (χ1n) is 7.70. The molecule has 0 fully saturated rings. The van der Waals surface area contributed by atoms with E-state index in [1.807, 2.05) is 43.4 Å². The van der Waals surface area contributed by atoms with Gasteiger partial charge in [-0.1, -0.05) is 53.7 Å². The van der Waals surface area contributed by atoms with Gasteiger partial charge < -0.3 is 4.90 Å². The number of para-hydroxylation sites is 1. The molecule has 0 radical (unpaired) electrons. The molecule has 0 unspecified atom stereocenters. The highest BCUT2D eigenvalue weighted by Gasteiger charge is 2.18. The number of rotatable bonds is 4. The van der Waals surface area contributed by atoms with Crippen LogP contribution in [0.1, 0.15) is 5.56 Å². The highest BCUT2D eigenvalue weighted by atomic mass is 15.4. The van der Waals surface area contributed by atoms with Crippen LogP contribution in [0.4, 0.5) is 11.5 Å². The molecule has 0 aliphatic heterocycles. The van der Waals surface area contributed by atoms with Gasteiger partial charge in [0.05, 0.1) is 0 Å². The Balaban J connectivity index is 1.85. The average Bonchev–Trinajstić information content (AvgIpc) is 3.03. The Morgan fingerprint density at radius 3 is 2.38 bits per heavy atom. The monoisotopic (exact) mass is 316 g/mol. The van der Waals surface area contributed by atoms with Crippen LogP contribution in [0.3, 0.4) is 0 Å². The van der Waals surface area contributed by atoms with Gasteiger partial charge in [0.2, 0.25) is 0 Å². The molecule has 0 spiro atoms. The van der Waals surface area contributed by atoms with Gasteiger partial charge in [0.25, 0.3) is 0 Å². The van der Waals surface area contributed by atoms with Gasteiger partial charge in [-0.2, -0.15) is 0 Å². The molecular weight excluding hydrogens is 300 g/mol. The van der Waals surface area contributed by atoms with Gasteiger partial charge in [-0.05, 0) is 17.7 Å². The van der Waals surface area contributed by atoms with Crippen molar-refractivity contribution in [2.45, 2.75) is 6.54 Å². The van der Waals surface area contributed by atoms with Crippen molar-refractivity contribution in [1.82, 2.24) is 25.0 Å². The molecule has 0 aliphatic rings. The first-order chi connectivity index (χ1) is 11.8. The summed E-state index contributed by atoms with van der Waals surface area (Å²) in [4.78, 5) is 10.9. The van der Waals surface area contributed by atoms with E-state index in [4.69, 9.17) is 0 Å². The first kappa shape index (κ1) is 14.3. The Kier molecular flexibility index (Phi) is 3.63. The fraction of sp³-hybridized carbons (Fsp3) is 0.111. The van der Waals surface area contributed by atoms with Crippen molar-refractivity contribution < 1.29 is 0 Å². The van der Waals surface area contributed by atoms with E-state index >= 15 is 0 Å². The van der Waals surface area contributed by atoms with Crippen molar-refractivity contribution in [3.63, 3.8) is 0 Å². The van der Waals surface area contributed by atoms with E-state index in [-0.39, 0.29) is 0 Å². The number of anilines is 2. The average molecular weight is 316 g/mol. The normalized spacial score (nSPS) is 10.9. The zero-order valence-corrected chi connectivity index (χ0v) is 13.2. The van der Waals surface area contributed by atoms with E-state index in [1.54, 1.807) is 11.0 Å². The standard InChI is InChI=1S/C18H16N6/c1-23-17-16(21-22-23)18(20-13-19-17)24(15-10-6-3-7-11-15)12-14-8-4-2-5-9-14/h2-11,13H,12H2,1H3. The SMILES string of the molecule is Cn1nnc2c(N(Cc3ccccc3)c3ccccc3)ncnc21. The number of fused-ring (bicyclic) bond motifs is 1. The van der Waals surface area contributed by atoms with Crippen LogP contribution in [-0.2, 0) is 13.6 Å². The molecule has 118 valence electrons. The smallest absolute Gasteiger partial charge is 0.183 e. The summed E-state index contributed by atoms with van der Waals surface area (Å²) in [6, 6.07) is 20.5. The first-order valence-corrected chi connectivity index (χ1v) is 7.70. The maximum atomic E-state index is 4.49. The summed E-state index contributed by atoms with van der Waals surface area (Å²) in [5, 5.41) is 8.33. The van der Waals surface area contributed by atoms with Crippen LogP contribution < -0.4 is 4.90 Å². The summed E-state index contributed by atoms with van der Waals surface area (Å²) in [5.74, 6) is 0.753. The predicted molar refractivity (Wildman–Crippen MR) is 92.8 cm³/mol. The Labute approximate surface area is 139 Å². The zero-order valence-electron chi connectivity index (χ0n) is 13.2. The van der Waals surface area contributed by atoms with Gasteiger partial charge in [-0.25, -0.2) is 14.6 Å². The molecule has 0 saturated heterocycles. The van der Waals surface area contributed by atoms with Gasteiger partial charge in [0.1, 0.15) is 6.33 Å². The second-order valence-electron chi connectivity index (χ2n) is 5.49. The summed E-state index contributed by atoms with van der Waals surface area (Å²) in [6.45, 7) is 0.688. The number of nitrogens with zero attached hydrogens (tertiary/aromatic N) is 6. The molecule has 0 aliphatic carbocycles. The summed E-state index contributed by atoms with van der Waals surface area (Å²) >= 11 is 0. The van der Waals surface area contributed by atoms with Gasteiger partial charge >= 0.3 is 0 Å². The fourth-order valence-electron chi connectivity index (χ4n) is 2.70. The van der Waals surface area contributed by atoms with Gasteiger partial charge in [-0.3, -0.25) is 0 Å². The minimum atomic E-state index is 0.688. The highest BCUT2D eigenvalue weighted by molar-refractivity contribution is 5.85. The third-order valence-electron chi connectivity index (χ3n) is 3.88. The number of aromatic nitrogens is 5. The van der Waals surface area contributed by atoms with Crippen molar-refractivity contribution in [3.05, 3.63) is 72.6 Å². The summed E-state index contributed by atoms with van der Waals surface area (Å²) in [5.41, 5.74) is 3.65. The summed E-state index contributed by atoms with van der Waals surface area (Å²) < 4.78 is 1.66. The molecule has 6 nitrogen and oxygen atoms in total. The fourth-order valence-corrected chi connectivity index (χ4v) is 2.70. The number of aryl methyl sites for hydroxylation is 1. The van der Waals surface area contributed by atoms with Crippen LogP contribution in [0, 0.1) is 0 Å². The molecule has 0 bridgehead atoms. The quantitative estimate of drug-likeness (QED) is 0.579. The van der Waals surface area contributed by atoms with Crippen LogP contribution >= 0.6 is 0 Å². The van der Waals surface area contributed by atoms with Crippen LogP contribution in [0.2, 0.25) is 0 Å². The van der Waals surface area contributed by atoms with Crippen LogP contribution in [0.25, 0.3) is 11.2 Å². The van der Waals surface area contributed by atoms with E-state index in [1.165, 1.54) is 5.56 Å². The third kappa shape index (κ3) is 2.58.